The Hall–Kier alpha value is -0.840. The summed E-state index contributed by atoms with van der Waals surface area (Å²) < 4.78 is 0. The normalized spacial score (nSPS) is 12.5. The first-order valence-corrected chi connectivity index (χ1v) is 4.55. The van der Waals surface area contributed by atoms with E-state index in [4.69, 9.17) is 34.0 Å². The van der Waals surface area contributed by atoms with Crippen LogP contribution in [0, 0.1) is 0 Å². The Bertz CT molecular complexity index is 357. The summed E-state index contributed by atoms with van der Waals surface area (Å²) in [6.45, 7) is 0. The Morgan fingerprint density at radius 3 is 2.71 bits per heavy atom. The molecule has 1 unspecified atom stereocenters. The van der Waals surface area contributed by atoms with Crippen molar-refractivity contribution in [2.45, 2.75) is 12.5 Å². The molecule has 14 heavy (non-hydrogen) atoms. The average Bonchev–Trinajstić information content (AvgIpc) is 2.01. The maximum atomic E-state index is 10.4. The van der Waals surface area contributed by atoms with E-state index in [2.05, 4.69) is 4.98 Å². The minimum Gasteiger partial charge on any atom is -0.481 e. The molecule has 1 aromatic rings. The van der Waals surface area contributed by atoms with Crippen molar-refractivity contribution in [2.24, 2.45) is 5.73 Å². The van der Waals surface area contributed by atoms with Crippen LogP contribution >= 0.6 is 23.2 Å². The van der Waals surface area contributed by atoms with Crippen molar-refractivity contribution in [3.8, 4) is 0 Å². The zero-order valence-corrected chi connectivity index (χ0v) is 8.59. The van der Waals surface area contributed by atoms with Crippen LogP contribution in [-0.4, -0.2) is 16.1 Å². The van der Waals surface area contributed by atoms with E-state index in [1.54, 1.807) is 6.07 Å². The number of nitrogens with zero attached hydrogens (tertiary/aromatic N) is 1. The van der Waals surface area contributed by atoms with Crippen LogP contribution in [0.15, 0.2) is 12.1 Å². The summed E-state index contributed by atoms with van der Waals surface area (Å²) in [5.74, 6) is -0.983. The van der Waals surface area contributed by atoms with Crippen molar-refractivity contribution >= 4 is 29.2 Å². The fourth-order valence-electron chi connectivity index (χ4n) is 0.998. The van der Waals surface area contributed by atoms with Gasteiger partial charge in [-0.15, -0.1) is 0 Å². The van der Waals surface area contributed by atoms with Crippen LogP contribution in [0.25, 0.3) is 0 Å². The van der Waals surface area contributed by atoms with Crippen molar-refractivity contribution in [1.82, 2.24) is 4.98 Å². The summed E-state index contributed by atoms with van der Waals surface area (Å²) in [4.78, 5) is 14.2. The Morgan fingerprint density at radius 2 is 2.21 bits per heavy atom. The molecule has 1 atom stereocenters. The fraction of sp³-hybridized carbons (Fsp3) is 0.250. The molecule has 0 fully saturated rings. The second-order valence-corrected chi connectivity index (χ2v) is 3.46. The molecule has 0 saturated heterocycles. The lowest BCUT2D eigenvalue weighted by atomic mass is 10.1. The molecule has 6 heteroatoms. The molecule has 76 valence electrons. The molecule has 0 amide bonds. The Balaban J connectivity index is 2.90. The number of nitrogens with two attached hydrogens (primary N) is 1. The zero-order chi connectivity index (χ0) is 10.7. The number of rotatable bonds is 3. The van der Waals surface area contributed by atoms with E-state index in [0.717, 1.165) is 0 Å². The maximum Gasteiger partial charge on any atom is 0.305 e. The maximum absolute atomic E-state index is 10.4. The molecule has 1 aromatic heterocycles. The summed E-state index contributed by atoms with van der Waals surface area (Å²) >= 11 is 11.3. The standard InChI is InChI=1S/C8H8Cl2N2O2/c9-6-2-1-4(8(10)12-6)5(11)3-7(13)14/h1-2,5H,3,11H2,(H,13,14). The molecule has 0 spiro atoms. The lowest BCUT2D eigenvalue weighted by molar-refractivity contribution is -0.137. The first-order chi connectivity index (χ1) is 6.50. The molecule has 4 nitrogen and oxygen atoms in total. The fourth-order valence-corrected chi connectivity index (χ4v) is 1.48. The number of aliphatic carboxylic acids is 1. The highest BCUT2D eigenvalue weighted by Crippen LogP contribution is 2.23. The van der Waals surface area contributed by atoms with E-state index >= 15 is 0 Å². The number of carboxylic acids is 1. The van der Waals surface area contributed by atoms with Crippen molar-refractivity contribution in [3.05, 3.63) is 28.0 Å². The highest BCUT2D eigenvalue weighted by Gasteiger charge is 2.14. The molecule has 0 bridgehead atoms. The summed E-state index contributed by atoms with van der Waals surface area (Å²) in [6, 6.07) is 2.43. The Morgan fingerprint density at radius 1 is 1.57 bits per heavy atom. The lowest BCUT2D eigenvalue weighted by Gasteiger charge is -2.10. The zero-order valence-electron chi connectivity index (χ0n) is 7.08. The topological polar surface area (TPSA) is 76.2 Å². The number of aromatic nitrogens is 1. The number of carbonyl (C=O) groups is 1. The second kappa shape index (κ2) is 4.59. The molecular weight excluding hydrogens is 227 g/mol. The van der Waals surface area contributed by atoms with Gasteiger partial charge in [-0.25, -0.2) is 4.98 Å². The molecule has 0 saturated carbocycles. The van der Waals surface area contributed by atoms with Crippen molar-refractivity contribution in [3.63, 3.8) is 0 Å². The van der Waals surface area contributed by atoms with Gasteiger partial charge in [0.15, 0.2) is 0 Å². The van der Waals surface area contributed by atoms with Gasteiger partial charge in [0.25, 0.3) is 0 Å². The van der Waals surface area contributed by atoms with Gasteiger partial charge < -0.3 is 10.8 Å². The Labute approximate surface area is 90.6 Å². The first-order valence-electron chi connectivity index (χ1n) is 3.80. The van der Waals surface area contributed by atoms with Crippen LogP contribution in [0.4, 0.5) is 0 Å². The predicted molar refractivity (Wildman–Crippen MR) is 53.4 cm³/mol. The lowest BCUT2D eigenvalue weighted by Crippen LogP contribution is -2.15. The summed E-state index contributed by atoms with van der Waals surface area (Å²) in [5, 5.41) is 8.92. The van der Waals surface area contributed by atoms with Crippen LogP contribution in [0.2, 0.25) is 10.3 Å². The van der Waals surface area contributed by atoms with E-state index < -0.39 is 12.0 Å². The summed E-state index contributed by atoms with van der Waals surface area (Å²) in [6.07, 6.45) is -0.191. The van der Waals surface area contributed by atoms with Gasteiger partial charge >= 0.3 is 5.97 Å². The van der Waals surface area contributed by atoms with E-state index in [1.807, 2.05) is 0 Å². The highest BCUT2D eigenvalue weighted by molar-refractivity contribution is 6.32. The Kier molecular flexibility index (Phi) is 3.69. The smallest absolute Gasteiger partial charge is 0.305 e. The quantitative estimate of drug-likeness (QED) is 0.784. The molecule has 0 aromatic carbocycles. The third-order valence-corrected chi connectivity index (χ3v) is 2.15. The van der Waals surface area contributed by atoms with Crippen molar-refractivity contribution in [2.75, 3.05) is 0 Å². The number of hydrogen-bond donors (Lipinski definition) is 2. The third-order valence-electron chi connectivity index (χ3n) is 1.64. The van der Waals surface area contributed by atoms with E-state index in [0.29, 0.717) is 5.56 Å². The van der Waals surface area contributed by atoms with Gasteiger partial charge in [0.1, 0.15) is 10.3 Å². The molecule has 3 N–H and O–H groups in total. The van der Waals surface area contributed by atoms with Crippen molar-refractivity contribution < 1.29 is 9.90 Å². The monoisotopic (exact) mass is 234 g/mol. The minimum atomic E-state index is -0.983. The predicted octanol–water partition coefficient (Wildman–Crippen LogP) is 1.86. The van der Waals surface area contributed by atoms with Crippen LogP contribution < -0.4 is 5.73 Å². The molecule has 0 aliphatic rings. The second-order valence-electron chi connectivity index (χ2n) is 2.72. The van der Waals surface area contributed by atoms with Gasteiger partial charge in [-0.3, -0.25) is 4.79 Å². The van der Waals surface area contributed by atoms with Gasteiger partial charge in [-0.05, 0) is 6.07 Å². The van der Waals surface area contributed by atoms with E-state index in [9.17, 15) is 4.79 Å². The van der Waals surface area contributed by atoms with Crippen LogP contribution in [-0.2, 0) is 4.79 Å². The summed E-state index contributed by atoms with van der Waals surface area (Å²) in [5.41, 5.74) is 6.08. The molecule has 0 aliphatic carbocycles. The molecule has 1 heterocycles. The third kappa shape index (κ3) is 2.83. The summed E-state index contributed by atoms with van der Waals surface area (Å²) in [7, 11) is 0. The number of hydrogen-bond acceptors (Lipinski definition) is 3. The molecular formula is C8H8Cl2N2O2. The van der Waals surface area contributed by atoms with Gasteiger partial charge in [0.2, 0.25) is 0 Å². The molecule has 0 radical (unpaired) electrons. The average molecular weight is 235 g/mol. The van der Waals surface area contributed by atoms with Crippen molar-refractivity contribution in [1.29, 1.82) is 0 Å². The number of carboxylic acid groups (broad SMARTS) is 1. The van der Waals surface area contributed by atoms with Gasteiger partial charge in [0.05, 0.1) is 6.42 Å². The largest absolute Gasteiger partial charge is 0.481 e. The number of pyridine rings is 1. The van der Waals surface area contributed by atoms with Gasteiger partial charge in [-0.1, -0.05) is 29.3 Å². The van der Waals surface area contributed by atoms with Crippen LogP contribution in [0.1, 0.15) is 18.0 Å². The van der Waals surface area contributed by atoms with Crippen LogP contribution in [0.3, 0.4) is 0 Å². The molecule has 0 aliphatic heterocycles. The van der Waals surface area contributed by atoms with Gasteiger partial charge in [0, 0.05) is 11.6 Å². The SMILES string of the molecule is NC(CC(=O)O)c1ccc(Cl)nc1Cl. The van der Waals surface area contributed by atoms with Crippen LogP contribution in [0.5, 0.6) is 0 Å². The van der Waals surface area contributed by atoms with E-state index in [-0.39, 0.29) is 16.7 Å². The number of halogens is 2. The first kappa shape index (κ1) is 11.2. The molecule has 1 rings (SSSR count). The van der Waals surface area contributed by atoms with Gasteiger partial charge in [-0.2, -0.15) is 0 Å². The minimum absolute atomic E-state index is 0.145. The van der Waals surface area contributed by atoms with E-state index in [1.165, 1.54) is 6.07 Å². The highest BCUT2D eigenvalue weighted by atomic mass is 35.5.